The van der Waals surface area contributed by atoms with E-state index in [0.717, 1.165) is 17.8 Å². The second kappa shape index (κ2) is 5.60. The summed E-state index contributed by atoms with van der Waals surface area (Å²) in [5.74, 6) is 1.66. The van der Waals surface area contributed by atoms with Gasteiger partial charge in [-0.15, -0.1) is 0 Å². The summed E-state index contributed by atoms with van der Waals surface area (Å²) in [5, 5.41) is 0. The highest BCUT2D eigenvalue weighted by atomic mass is 32.2. The van der Waals surface area contributed by atoms with E-state index in [4.69, 9.17) is 0 Å². The lowest BCUT2D eigenvalue weighted by atomic mass is 10.2. The predicted octanol–water partition coefficient (Wildman–Crippen LogP) is 2.67. The fourth-order valence-corrected chi connectivity index (χ4v) is 1.77. The third-order valence-electron chi connectivity index (χ3n) is 1.57. The number of hydrogen-bond acceptors (Lipinski definition) is 2. The summed E-state index contributed by atoms with van der Waals surface area (Å²) in [6, 6.07) is 10.2. The van der Waals surface area contributed by atoms with Crippen molar-refractivity contribution in [2.75, 3.05) is 5.75 Å². The van der Waals surface area contributed by atoms with Gasteiger partial charge in [0.05, 0.1) is 0 Å². The molecule has 0 radical (unpaired) electrons. The molecule has 0 bridgehead atoms. The SMILES string of the molecule is C=C(C=O)CSCc1ccccc1. The summed E-state index contributed by atoms with van der Waals surface area (Å²) < 4.78 is 0. The Morgan fingerprint density at radius 3 is 2.69 bits per heavy atom. The molecule has 1 aromatic carbocycles. The van der Waals surface area contributed by atoms with Crippen LogP contribution in [0.3, 0.4) is 0 Å². The minimum absolute atomic E-state index is 0.654. The molecule has 1 aromatic rings. The topological polar surface area (TPSA) is 17.1 Å². The Morgan fingerprint density at radius 1 is 1.38 bits per heavy atom. The number of carbonyl (C=O) groups is 1. The second-order valence-electron chi connectivity index (χ2n) is 2.75. The van der Waals surface area contributed by atoms with Gasteiger partial charge in [-0.25, -0.2) is 0 Å². The number of aldehydes is 1. The Morgan fingerprint density at radius 2 is 2.08 bits per heavy atom. The number of thioether (sulfide) groups is 1. The van der Waals surface area contributed by atoms with Crippen molar-refractivity contribution in [3.05, 3.63) is 48.0 Å². The Hall–Kier alpha value is -1.02. The van der Waals surface area contributed by atoms with Gasteiger partial charge in [0.25, 0.3) is 0 Å². The maximum Gasteiger partial charge on any atom is 0.146 e. The predicted molar refractivity (Wildman–Crippen MR) is 57.8 cm³/mol. The lowest BCUT2D eigenvalue weighted by Crippen LogP contribution is -1.87. The first-order chi connectivity index (χ1) is 6.33. The quantitative estimate of drug-likeness (QED) is 0.527. The molecule has 0 saturated carbocycles. The molecular weight excluding hydrogens is 180 g/mol. The van der Waals surface area contributed by atoms with Crippen LogP contribution in [0.25, 0.3) is 0 Å². The third-order valence-corrected chi connectivity index (χ3v) is 2.68. The van der Waals surface area contributed by atoms with E-state index < -0.39 is 0 Å². The minimum Gasteiger partial charge on any atom is -0.298 e. The molecule has 0 heterocycles. The summed E-state index contributed by atoms with van der Waals surface area (Å²) in [5.41, 5.74) is 1.94. The van der Waals surface area contributed by atoms with Gasteiger partial charge in [-0.2, -0.15) is 11.8 Å². The molecule has 0 N–H and O–H groups in total. The Labute approximate surface area is 82.9 Å². The van der Waals surface area contributed by atoms with Gasteiger partial charge in [0.1, 0.15) is 6.29 Å². The molecular formula is C11H12OS. The zero-order valence-electron chi connectivity index (χ0n) is 7.40. The lowest BCUT2D eigenvalue weighted by Gasteiger charge is -1.99. The number of rotatable bonds is 5. The molecule has 13 heavy (non-hydrogen) atoms. The van der Waals surface area contributed by atoms with Gasteiger partial charge in [0, 0.05) is 11.5 Å². The van der Waals surface area contributed by atoms with Crippen LogP contribution in [-0.2, 0) is 10.5 Å². The Kier molecular flexibility index (Phi) is 4.33. The molecule has 0 unspecified atom stereocenters. The molecule has 0 aliphatic heterocycles. The number of benzene rings is 1. The fourth-order valence-electron chi connectivity index (χ4n) is 0.908. The van der Waals surface area contributed by atoms with Gasteiger partial charge in [-0.05, 0) is 11.1 Å². The molecule has 68 valence electrons. The van der Waals surface area contributed by atoms with Crippen LogP contribution in [0, 0.1) is 0 Å². The first-order valence-electron chi connectivity index (χ1n) is 4.07. The van der Waals surface area contributed by atoms with E-state index in [2.05, 4.69) is 18.7 Å². The average molecular weight is 192 g/mol. The van der Waals surface area contributed by atoms with Crippen LogP contribution in [0.5, 0.6) is 0 Å². The fraction of sp³-hybridized carbons (Fsp3) is 0.182. The lowest BCUT2D eigenvalue weighted by molar-refractivity contribution is -0.104. The smallest absolute Gasteiger partial charge is 0.146 e. The minimum atomic E-state index is 0.654. The molecule has 1 nitrogen and oxygen atoms in total. The standard InChI is InChI=1S/C11H12OS/c1-10(7-12)8-13-9-11-5-3-2-4-6-11/h2-7H,1,8-9H2. The maximum absolute atomic E-state index is 10.2. The van der Waals surface area contributed by atoms with Crippen molar-refractivity contribution >= 4 is 18.0 Å². The van der Waals surface area contributed by atoms with Gasteiger partial charge in [0.2, 0.25) is 0 Å². The Balaban J connectivity index is 2.28. The zero-order valence-corrected chi connectivity index (χ0v) is 8.22. The molecule has 0 amide bonds. The van der Waals surface area contributed by atoms with Gasteiger partial charge in [0.15, 0.2) is 0 Å². The normalized spacial score (nSPS) is 9.54. The summed E-state index contributed by atoms with van der Waals surface area (Å²) in [4.78, 5) is 10.2. The van der Waals surface area contributed by atoms with Crippen molar-refractivity contribution in [3.8, 4) is 0 Å². The van der Waals surface area contributed by atoms with Crippen molar-refractivity contribution in [2.24, 2.45) is 0 Å². The first-order valence-corrected chi connectivity index (χ1v) is 5.23. The molecule has 2 heteroatoms. The summed E-state index contributed by atoms with van der Waals surface area (Å²) >= 11 is 1.71. The van der Waals surface area contributed by atoms with E-state index in [0.29, 0.717) is 5.57 Å². The van der Waals surface area contributed by atoms with Crippen molar-refractivity contribution in [3.63, 3.8) is 0 Å². The highest BCUT2D eigenvalue weighted by molar-refractivity contribution is 7.98. The van der Waals surface area contributed by atoms with Gasteiger partial charge in [-0.3, -0.25) is 4.79 Å². The van der Waals surface area contributed by atoms with Crippen LogP contribution in [0.15, 0.2) is 42.5 Å². The maximum atomic E-state index is 10.2. The van der Waals surface area contributed by atoms with Crippen molar-refractivity contribution in [1.82, 2.24) is 0 Å². The van der Waals surface area contributed by atoms with Gasteiger partial charge < -0.3 is 0 Å². The Bertz CT molecular complexity index is 279. The molecule has 1 rings (SSSR count). The molecule has 0 fully saturated rings. The second-order valence-corrected chi connectivity index (χ2v) is 3.74. The van der Waals surface area contributed by atoms with Gasteiger partial charge in [-0.1, -0.05) is 36.9 Å². The van der Waals surface area contributed by atoms with E-state index in [-0.39, 0.29) is 0 Å². The van der Waals surface area contributed by atoms with E-state index in [9.17, 15) is 4.79 Å². The monoisotopic (exact) mass is 192 g/mol. The van der Waals surface area contributed by atoms with Crippen LogP contribution >= 0.6 is 11.8 Å². The first kappa shape index (κ1) is 10.1. The van der Waals surface area contributed by atoms with Crippen LogP contribution in [-0.4, -0.2) is 12.0 Å². The summed E-state index contributed by atoms with van der Waals surface area (Å²) in [7, 11) is 0. The molecule has 0 aliphatic rings. The van der Waals surface area contributed by atoms with Crippen molar-refractivity contribution < 1.29 is 4.79 Å². The number of carbonyl (C=O) groups excluding carboxylic acids is 1. The third kappa shape index (κ3) is 3.95. The van der Waals surface area contributed by atoms with Gasteiger partial charge >= 0.3 is 0 Å². The van der Waals surface area contributed by atoms with E-state index in [1.165, 1.54) is 5.56 Å². The molecule has 0 aromatic heterocycles. The molecule has 0 saturated heterocycles. The molecule has 0 spiro atoms. The molecule has 0 atom stereocenters. The van der Waals surface area contributed by atoms with E-state index >= 15 is 0 Å². The highest BCUT2D eigenvalue weighted by Gasteiger charge is 1.94. The highest BCUT2D eigenvalue weighted by Crippen LogP contribution is 2.13. The molecule has 0 aliphatic carbocycles. The summed E-state index contributed by atoms with van der Waals surface area (Å²) in [6.07, 6.45) is 0.817. The average Bonchev–Trinajstić information content (AvgIpc) is 2.19. The zero-order chi connectivity index (χ0) is 9.52. The van der Waals surface area contributed by atoms with Crippen LogP contribution in [0.1, 0.15) is 5.56 Å². The van der Waals surface area contributed by atoms with E-state index in [1.54, 1.807) is 11.8 Å². The number of hydrogen-bond donors (Lipinski definition) is 0. The van der Waals surface area contributed by atoms with Crippen molar-refractivity contribution in [2.45, 2.75) is 5.75 Å². The van der Waals surface area contributed by atoms with Crippen LogP contribution < -0.4 is 0 Å². The van der Waals surface area contributed by atoms with Crippen molar-refractivity contribution in [1.29, 1.82) is 0 Å². The van der Waals surface area contributed by atoms with E-state index in [1.807, 2.05) is 18.2 Å². The van der Waals surface area contributed by atoms with Crippen LogP contribution in [0.2, 0.25) is 0 Å². The largest absolute Gasteiger partial charge is 0.298 e. The van der Waals surface area contributed by atoms with Crippen LogP contribution in [0.4, 0.5) is 0 Å². The summed E-state index contributed by atoms with van der Waals surface area (Å²) in [6.45, 7) is 3.62.